The number of aromatic nitrogens is 1. The summed E-state index contributed by atoms with van der Waals surface area (Å²) in [5.74, 6) is 0.543. The molecule has 1 heterocycles. The van der Waals surface area contributed by atoms with Crippen molar-refractivity contribution in [2.24, 2.45) is 11.7 Å². The highest BCUT2D eigenvalue weighted by Crippen LogP contribution is 2.21. The van der Waals surface area contributed by atoms with Gasteiger partial charge >= 0.3 is 0 Å². The quantitative estimate of drug-likeness (QED) is 0.759. The van der Waals surface area contributed by atoms with Crippen LogP contribution in [0.1, 0.15) is 12.6 Å². The van der Waals surface area contributed by atoms with E-state index in [2.05, 4.69) is 23.5 Å². The Labute approximate surface area is 81.6 Å². The van der Waals surface area contributed by atoms with Gasteiger partial charge in [-0.25, -0.2) is 4.98 Å². The Kier molecular flexibility index (Phi) is 4.05. The molecular weight excluding hydrogens is 188 g/mol. The summed E-state index contributed by atoms with van der Waals surface area (Å²) in [5, 5.41) is 2.12. The number of nitrogens with two attached hydrogens (primary N) is 1. The lowest BCUT2D eigenvalue weighted by Crippen LogP contribution is -2.13. The van der Waals surface area contributed by atoms with Gasteiger partial charge in [0.2, 0.25) is 0 Å². The average molecular weight is 202 g/mol. The third kappa shape index (κ3) is 2.77. The molecule has 0 saturated heterocycles. The first-order chi connectivity index (χ1) is 5.76. The van der Waals surface area contributed by atoms with Gasteiger partial charge in [0.25, 0.3) is 0 Å². The molecule has 1 unspecified atom stereocenters. The zero-order valence-electron chi connectivity index (χ0n) is 7.41. The molecule has 1 aromatic heterocycles. The van der Waals surface area contributed by atoms with Crippen molar-refractivity contribution in [3.05, 3.63) is 11.1 Å². The fourth-order valence-electron chi connectivity index (χ4n) is 0.916. The molecule has 0 aliphatic heterocycles. The first-order valence-electron chi connectivity index (χ1n) is 3.94. The van der Waals surface area contributed by atoms with Crippen molar-refractivity contribution in [2.45, 2.75) is 17.7 Å². The molecule has 0 aliphatic carbocycles. The van der Waals surface area contributed by atoms with Gasteiger partial charge in [0, 0.05) is 5.38 Å². The Balaban J connectivity index is 2.52. The third-order valence-corrected chi connectivity index (χ3v) is 3.58. The predicted octanol–water partition coefficient (Wildman–Crippen LogP) is 2.00. The second-order valence-electron chi connectivity index (χ2n) is 2.85. The molecule has 0 fully saturated rings. The van der Waals surface area contributed by atoms with Gasteiger partial charge in [-0.2, -0.15) is 0 Å². The molecule has 2 N–H and O–H groups in total. The van der Waals surface area contributed by atoms with Crippen LogP contribution in [0.3, 0.4) is 0 Å². The van der Waals surface area contributed by atoms with Crippen LogP contribution >= 0.6 is 23.1 Å². The Hall–Kier alpha value is -0.0600. The second kappa shape index (κ2) is 4.84. The maximum Gasteiger partial charge on any atom is 0.149 e. The monoisotopic (exact) mass is 202 g/mol. The predicted molar refractivity (Wildman–Crippen MR) is 55.8 cm³/mol. The van der Waals surface area contributed by atoms with Gasteiger partial charge in [0.15, 0.2) is 0 Å². The minimum absolute atomic E-state index is 0.543. The van der Waals surface area contributed by atoms with Gasteiger partial charge in [-0.1, -0.05) is 18.7 Å². The SMILES string of the molecule is CSc1nc(CC(C)CN)cs1. The zero-order valence-corrected chi connectivity index (χ0v) is 9.04. The van der Waals surface area contributed by atoms with Gasteiger partial charge < -0.3 is 5.73 Å². The summed E-state index contributed by atoms with van der Waals surface area (Å²) in [6.07, 6.45) is 3.06. The molecular formula is C8H14N2S2. The summed E-state index contributed by atoms with van der Waals surface area (Å²) in [6.45, 7) is 2.89. The van der Waals surface area contributed by atoms with Gasteiger partial charge in [-0.05, 0) is 25.1 Å². The second-order valence-corrected chi connectivity index (χ2v) is 4.77. The Morgan fingerprint density at radius 1 is 1.75 bits per heavy atom. The van der Waals surface area contributed by atoms with Crippen LogP contribution in [0.2, 0.25) is 0 Å². The Morgan fingerprint density at radius 2 is 2.50 bits per heavy atom. The lowest BCUT2D eigenvalue weighted by Gasteiger charge is -2.03. The van der Waals surface area contributed by atoms with Crippen LogP contribution in [-0.2, 0) is 6.42 Å². The molecule has 0 spiro atoms. The highest BCUT2D eigenvalue weighted by molar-refractivity contribution is 8.00. The summed E-state index contributed by atoms with van der Waals surface area (Å²) in [4.78, 5) is 4.44. The van der Waals surface area contributed by atoms with Gasteiger partial charge in [0.05, 0.1) is 5.69 Å². The third-order valence-electron chi connectivity index (χ3n) is 1.67. The zero-order chi connectivity index (χ0) is 8.97. The molecule has 2 nitrogen and oxygen atoms in total. The minimum atomic E-state index is 0.543. The maximum absolute atomic E-state index is 5.53. The van der Waals surface area contributed by atoms with Crippen molar-refractivity contribution in [1.82, 2.24) is 4.98 Å². The van der Waals surface area contributed by atoms with Crippen LogP contribution in [0.4, 0.5) is 0 Å². The van der Waals surface area contributed by atoms with Crippen LogP contribution in [0.15, 0.2) is 9.72 Å². The standard InChI is InChI=1S/C8H14N2S2/c1-6(4-9)3-7-5-12-8(10-7)11-2/h5-6H,3-4,9H2,1-2H3. The summed E-state index contributed by atoms with van der Waals surface area (Å²) in [6, 6.07) is 0. The van der Waals surface area contributed by atoms with Crippen LogP contribution in [0, 0.1) is 5.92 Å². The van der Waals surface area contributed by atoms with Crippen molar-refractivity contribution in [2.75, 3.05) is 12.8 Å². The number of hydrogen-bond acceptors (Lipinski definition) is 4. The minimum Gasteiger partial charge on any atom is -0.330 e. The van der Waals surface area contributed by atoms with Crippen molar-refractivity contribution in [1.29, 1.82) is 0 Å². The molecule has 0 radical (unpaired) electrons. The van der Waals surface area contributed by atoms with Crippen LogP contribution in [0.5, 0.6) is 0 Å². The number of rotatable bonds is 4. The largest absolute Gasteiger partial charge is 0.330 e. The van der Waals surface area contributed by atoms with E-state index in [1.807, 2.05) is 0 Å². The smallest absolute Gasteiger partial charge is 0.149 e. The first-order valence-corrected chi connectivity index (χ1v) is 6.05. The lowest BCUT2D eigenvalue weighted by molar-refractivity contribution is 0.584. The van der Waals surface area contributed by atoms with Crippen LogP contribution < -0.4 is 5.73 Å². The fraction of sp³-hybridized carbons (Fsp3) is 0.625. The number of hydrogen-bond donors (Lipinski definition) is 1. The van der Waals surface area contributed by atoms with Crippen LogP contribution in [0.25, 0.3) is 0 Å². The number of thioether (sulfide) groups is 1. The molecule has 1 atom stereocenters. The topological polar surface area (TPSA) is 38.9 Å². The summed E-state index contributed by atoms with van der Waals surface area (Å²) < 4.78 is 1.15. The van der Waals surface area contributed by atoms with Crippen molar-refractivity contribution in [3.63, 3.8) is 0 Å². The lowest BCUT2D eigenvalue weighted by atomic mass is 10.1. The normalized spacial score (nSPS) is 13.2. The maximum atomic E-state index is 5.53. The first kappa shape index (κ1) is 10.0. The van der Waals surface area contributed by atoms with E-state index in [4.69, 9.17) is 5.73 Å². The van der Waals surface area contributed by atoms with Crippen molar-refractivity contribution < 1.29 is 0 Å². The van der Waals surface area contributed by atoms with E-state index in [1.165, 1.54) is 5.69 Å². The van der Waals surface area contributed by atoms with E-state index in [0.29, 0.717) is 5.92 Å². The highest BCUT2D eigenvalue weighted by Gasteiger charge is 2.04. The van der Waals surface area contributed by atoms with E-state index in [1.54, 1.807) is 23.1 Å². The van der Waals surface area contributed by atoms with Crippen molar-refractivity contribution in [3.8, 4) is 0 Å². The molecule has 0 saturated carbocycles. The van der Waals surface area contributed by atoms with Gasteiger partial charge in [-0.15, -0.1) is 11.3 Å². The molecule has 0 aromatic carbocycles. The Bertz CT molecular complexity index is 235. The summed E-state index contributed by atoms with van der Waals surface area (Å²) in [7, 11) is 0. The number of nitrogens with zero attached hydrogens (tertiary/aromatic N) is 1. The summed E-state index contributed by atoms with van der Waals surface area (Å²) >= 11 is 3.41. The molecule has 0 aliphatic rings. The van der Waals surface area contributed by atoms with Crippen molar-refractivity contribution >= 4 is 23.1 Å². The molecule has 0 amide bonds. The van der Waals surface area contributed by atoms with Crippen LogP contribution in [-0.4, -0.2) is 17.8 Å². The van der Waals surface area contributed by atoms with Gasteiger partial charge in [0.1, 0.15) is 4.34 Å². The molecule has 68 valence electrons. The van der Waals surface area contributed by atoms with Gasteiger partial charge in [-0.3, -0.25) is 0 Å². The molecule has 1 aromatic rings. The average Bonchev–Trinajstić information content (AvgIpc) is 2.52. The van der Waals surface area contributed by atoms with E-state index in [9.17, 15) is 0 Å². The van der Waals surface area contributed by atoms with E-state index in [0.717, 1.165) is 17.3 Å². The highest BCUT2D eigenvalue weighted by atomic mass is 32.2. The fourth-order valence-corrected chi connectivity index (χ4v) is 2.21. The molecule has 4 heteroatoms. The van der Waals surface area contributed by atoms with E-state index in [-0.39, 0.29) is 0 Å². The van der Waals surface area contributed by atoms with E-state index < -0.39 is 0 Å². The molecule has 12 heavy (non-hydrogen) atoms. The number of thiazole rings is 1. The van der Waals surface area contributed by atoms with E-state index >= 15 is 0 Å². The summed E-state index contributed by atoms with van der Waals surface area (Å²) in [5.41, 5.74) is 6.71. The Morgan fingerprint density at radius 3 is 3.00 bits per heavy atom. The molecule has 0 bridgehead atoms. The molecule has 1 rings (SSSR count).